The maximum atomic E-state index is 13.6. The molecule has 0 spiro atoms. The van der Waals surface area contributed by atoms with Gasteiger partial charge in [-0.2, -0.15) is 5.10 Å². The maximum absolute atomic E-state index is 13.6. The van der Waals surface area contributed by atoms with Gasteiger partial charge in [0.15, 0.2) is 0 Å². The number of nitrogens with zero attached hydrogens (tertiary/aromatic N) is 2. The molecule has 1 aromatic heterocycles. The van der Waals surface area contributed by atoms with Crippen LogP contribution in [0, 0.1) is 34.0 Å². The van der Waals surface area contributed by atoms with E-state index < -0.39 is 23.0 Å². The van der Waals surface area contributed by atoms with Crippen LogP contribution >= 0.6 is 0 Å². The van der Waals surface area contributed by atoms with Crippen molar-refractivity contribution in [3.63, 3.8) is 0 Å². The third kappa shape index (κ3) is 4.12. The number of carbonyl (C=O) groups excluding carboxylic acids is 2. The van der Waals surface area contributed by atoms with E-state index >= 15 is 0 Å². The van der Waals surface area contributed by atoms with E-state index in [1.807, 2.05) is 19.1 Å². The highest BCUT2D eigenvalue weighted by molar-refractivity contribution is 5.85. The third-order valence-electron chi connectivity index (χ3n) is 11.4. The van der Waals surface area contributed by atoms with Crippen molar-refractivity contribution >= 4 is 11.8 Å². The van der Waals surface area contributed by atoms with Crippen molar-refractivity contribution in [1.82, 2.24) is 15.1 Å². The summed E-state index contributed by atoms with van der Waals surface area (Å²) < 4.78 is 8.21. The molecular weight excluding hydrogens is 466 g/mol. The molecule has 1 aliphatic heterocycles. The largest absolute Gasteiger partial charge is 0.460 e. The molecule has 4 aliphatic rings. The van der Waals surface area contributed by atoms with Crippen molar-refractivity contribution in [1.29, 1.82) is 0 Å². The first-order valence-electron chi connectivity index (χ1n) is 14.3. The number of piperidine rings is 1. The topological polar surface area (TPSA) is 93.5 Å². The number of rotatable bonds is 5. The van der Waals surface area contributed by atoms with Crippen LogP contribution in [-0.4, -0.2) is 51.9 Å². The summed E-state index contributed by atoms with van der Waals surface area (Å²) in [4.78, 5) is 27.1. The zero-order chi connectivity index (χ0) is 26.6. The van der Waals surface area contributed by atoms with E-state index in [0.717, 1.165) is 50.9 Å². The normalized spacial score (nSPS) is 42.5. The molecule has 1 saturated heterocycles. The van der Waals surface area contributed by atoms with Gasteiger partial charge in [-0.25, -0.2) is 0 Å². The van der Waals surface area contributed by atoms with Crippen LogP contribution in [0.1, 0.15) is 84.3 Å². The fraction of sp³-hybridized carbons (Fsp3) is 0.767. The molecule has 4 fully saturated rings. The van der Waals surface area contributed by atoms with Crippen LogP contribution in [0.4, 0.5) is 0 Å². The van der Waals surface area contributed by atoms with Gasteiger partial charge < -0.3 is 15.2 Å². The van der Waals surface area contributed by atoms with Crippen molar-refractivity contribution in [3.8, 4) is 0 Å². The van der Waals surface area contributed by atoms with E-state index in [-0.39, 0.29) is 41.5 Å². The van der Waals surface area contributed by atoms with Gasteiger partial charge in [-0.15, -0.1) is 6.58 Å². The molecule has 0 aromatic carbocycles. The first kappa shape index (κ1) is 26.6. The van der Waals surface area contributed by atoms with Crippen molar-refractivity contribution in [2.24, 2.45) is 34.0 Å². The van der Waals surface area contributed by atoms with Crippen molar-refractivity contribution in [2.75, 3.05) is 13.1 Å². The average Bonchev–Trinajstić information content (AvgIpc) is 3.50. The molecule has 0 amide bonds. The second kappa shape index (κ2) is 9.64. The SMILES string of the molecule is C=C[C@]1(C)C[C@@H](OC(=O)Cn2nccc2C2CCNCC2)[C@]2(C)C(C)CCC3(CCC(=O)C32)[C@@H](C)C1O. The molecule has 7 heteroatoms. The molecule has 2 N–H and O–H groups in total. The molecule has 2 bridgehead atoms. The van der Waals surface area contributed by atoms with Gasteiger partial charge in [0.2, 0.25) is 0 Å². The summed E-state index contributed by atoms with van der Waals surface area (Å²) in [6.45, 7) is 14.6. The third-order valence-corrected chi connectivity index (χ3v) is 11.4. The van der Waals surface area contributed by atoms with Gasteiger partial charge >= 0.3 is 5.97 Å². The van der Waals surface area contributed by atoms with Crippen LogP contribution in [-0.2, 0) is 20.9 Å². The molecule has 0 radical (unpaired) electrons. The number of aromatic nitrogens is 2. The lowest BCUT2D eigenvalue weighted by Gasteiger charge is -2.61. The van der Waals surface area contributed by atoms with Gasteiger partial charge in [0.05, 0.1) is 6.10 Å². The number of hydrogen-bond donors (Lipinski definition) is 2. The Bertz CT molecular complexity index is 1050. The fourth-order valence-electron chi connectivity index (χ4n) is 8.76. The van der Waals surface area contributed by atoms with Gasteiger partial charge in [-0.3, -0.25) is 14.3 Å². The van der Waals surface area contributed by atoms with Crippen LogP contribution in [0.3, 0.4) is 0 Å². The molecule has 2 heterocycles. The summed E-state index contributed by atoms with van der Waals surface area (Å²) >= 11 is 0. The summed E-state index contributed by atoms with van der Waals surface area (Å²) in [5, 5.41) is 19.6. The molecular formula is C30H45N3O4. The summed E-state index contributed by atoms with van der Waals surface area (Å²) in [6, 6.07) is 2.02. The Labute approximate surface area is 221 Å². The standard InChI is InChI=1S/C30H45N3O4/c1-6-28(4)17-24(37-25(35)18-33-22(11-16-32-33)21-9-14-31-15-10-21)29(5)19(2)7-12-30(20(3)27(28)36)13-8-23(34)26(29)30/h6,11,16,19-21,24,26-27,31,36H,1,7-10,12-15,17-18H2,2-5H3/t19?,20-,24+,26?,27?,28+,29-,30?/m0/s1. The molecule has 37 heavy (non-hydrogen) atoms. The molecule has 3 saturated carbocycles. The predicted molar refractivity (Wildman–Crippen MR) is 142 cm³/mol. The van der Waals surface area contributed by atoms with E-state index in [9.17, 15) is 14.7 Å². The van der Waals surface area contributed by atoms with E-state index in [0.29, 0.717) is 18.8 Å². The molecule has 8 atom stereocenters. The summed E-state index contributed by atoms with van der Waals surface area (Å²) in [6.07, 6.45) is 8.21. The Hall–Kier alpha value is -1.99. The Kier molecular flexibility index (Phi) is 6.93. The Morgan fingerprint density at radius 3 is 2.70 bits per heavy atom. The van der Waals surface area contributed by atoms with Crippen LogP contribution in [0.15, 0.2) is 24.9 Å². The molecule has 204 valence electrons. The molecule has 3 aliphatic carbocycles. The number of Topliss-reactive ketones (excluding diaryl/α,β-unsaturated/α-hetero) is 1. The van der Waals surface area contributed by atoms with Gasteiger partial charge in [0.25, 0.3) is 0 Å². The maximum Gasteiger partial charge on any atom is 0.328 e. The monoisotopic (exact) mass is 511 g/mol. The Morgan fingerprint density at radius 2 is 2.00 bits per heavy atom. The van der Waals surface area contributed by atoms with Crippen LogP contribution in [0.25, 0.3) is 0 Å². The smallest absolute Gasteiger partial charge is 0.328 e. The van der Waals surface area contributed by atoms with Crippen molar-refractivity contribution < 1.29 is 19.4 Å². The Morgan fingerprint density at radius 1 is 1.27 bits per heavy atom. The zero-order valence-electron chi connectivity index (χ0n) is 23.0. The molecule has 1 aromatic rings. The number of aliphatic hydroxyl groups is 1. The average molecular weight is 512 g/mol. The number of ketones is 1. The van der Waals surface area contributed by atoms with Gasteiger partial charge in [-0.1, -0.05) is 33.8 Å². The first-order valence-corrected chi connectivity index (χ1v) is 14.3. The molecule has 4 unspecified atom stereocenters. The number of esters is 1. The fourth-order valence-corrected chi connectivity index (χ4v) is 8.76. The zero-order valence-corrected chi connectivity index (χ0v) is 23.0. The highest BCUT2D eigenvalue weighted by Gasteiger charge is 2.68. The molecule has 7 nitrogen and oxygen atoms in total. The van der Waals surface area contributed by atoms with Crippen molar-refractivity contribution in [3.05, 3.63) is 30.6 Å². The highest BCUT2D eigenvalue weighted by atomic mass is 16.5. The second-order valence-electron chi connectivity index (χ2n) is 13.0. The van der Waals surface area contributed by atoms with E-state index in [4.69, 9.17) is 4.74 Å². The minimum Gasteiger partial charge on any atom is -0.460 e. The molecule has 5 rings (SSSR count). The summed E-state index contributed by atoms with van der Waals surface area (Å²) in [7, 11) is 0. The van der Waals surface area contributed by atoms with E-state index in [1.165, 1.54) is 0 Å². The van der Waals surface area contributed by atoms with Crippen molar-refractivity contribution in [2.45, 2.75) is 97.3 Å². The van der Waals surface area contributed by atoms with Gasteiger partial charge in [-0.05, 0) is 74.9 Å². The van der Waals surface area contributed by atoms with Gasteiger partial charge in [0, 0.05) is 41.0 Å². The summed E-state index contributed by atoms with van der Waals surface area (Å²) in [5.74, 6) is 0.302. The van der Waals surface area contributed by atoms with Crippen LogP contribution in [0.2, 0.25) is 0 Å². The number of ether oxygens (including phenoxy) is 1. The van der Waals surface area contributed by atoms with E-state index in [1.54, 1.807) is 10.9 Å². The summed E-state index contributed by atoms with van der Waals surface area (Å²) in [5.41, 5.74) is -0.309. The lowest BCUT2D eigenvalue weighted by Crippen LogP contribution is -2.63. The second-order valence-corrected chi connectivity index (χ2v) is 13.0. The van der Waals surface area contributed by atoms with Crippen LogP contribution in [0.5, 0.6) is 0 Å². The van der Waals surface area contributed by atoms with Crippen LogP contribution < -0.4 is 5.32 Å². The quantitative estimate of drug-likeness (QED) is 0.453. The number of nitrogens with one attached hydrogen (secondary N) is 1. The lowest BCUT2D eigenvalue weighted by molar-refractivity contribution is -0.207. The number of hydrogen-bond acceptors (Lipinski definition) is 6. The van der Waals surface area contributed by atoms with E-state index in [2.05, 4.69) is 37.8 Å². The first-order chi connectivity index (χ1) is 17.6. The van der Waals surface area contributed by atoms with Gasteiger partial charge in [0.1, 0.15) is 18.4 Å². The predicted octanol–water partition coefficient (Wildman–Crippen LogP) is 4.26. The highest BCUT2D eigenvalue weighted by Crippen LogP contribution is 2.68. The number of carbonyl (C=O) groups is 2. The number of aliphatic hydroxyl groups excluding tert-OH is 1. The Balaban J connectivity index is 1.48. The lowest BCUT2D eigenvalue weighted by atomic mass is 9.44. The minimum atomic E-state index is -0.657. The minimum absolute atomic E-state index is 0.0351.